The predicted molar refractivity (Wildman–Crippen MR) is 69.3 cm³/mol. The Bertz CT molecular complexity index is 348. The minimum Gasteiger partial charge on any atom is -0.311 e. The quantitative estimate of drug-likeness (QED) is 0.717. The number of hydrazine groups is 1. The van der Waals surface area contributed by atoms with Gasteiger partial charge in [0.05, 0.1) is 0 Å². The third-order valence-corrected chi connectivity index (χ3v) is 3.77. The van der Waals surface area contributed by atoms with Crippen LogP contribution in [0.4, 0.5) is 0 Å². The Hall–Kier alpha value is -0.900. The molecule has 0 aromatic heterocycles. The van der Waals surface area contributed by atoms with Crippen LogP contribution in [0.1, 0.15) is 24.8 Å². The molecular formula is C14H21N3. The van der Waals surface area contributed by atoms with Crippen molar-refractivity contribution in [2.45, 2.75) is 37.9 Å². The van der Waals surface area contributed by atoms with Gasteiger partial charge in [0, 0.05) is 25.2 Å². The van der Waals surface area contributed by atoms with Gasteiger partial charge in [-0.15, -0.1) is 0 Å². The summed E-state index contributed by atoms with van der Waals surface area (Å²) in [5.74, 6) is 0.946. The van der Waals surface area contributed by atoms with Crippen LogP contribution in [0.5, 0.6) is 0 Å². The average molecular weight is 231 g/mol. The highest BCUT2D eigenvalue weighted by molar-refractivity contribution is 5.14. The van der Waals surface area contributed by atoms with Crippen LogP contribution in [0.15, 0.2) is 30.3 Å². The standard InChI is InChI=1S/C14H21N3/c1-2-4-11(5-3-1)9-15-10-13-8-14(17-16-13)12-6-7-12/h1-5,12-17H,6-10H2. The molecule has 17 heavy (non-hydrogen) atoms. The van der Waals surface area contributed by atoms with Crippen LogP contribution in [0.2, 0.25) is 0 Å². The molecule has 3 N–H and O–H groups in total. The lowest BCUT2D eigenvalue weighted by Gasteiger charge is -2.10. The van der Waals surface area contributed by atoms with Crippen molar-refractivity contribution in [1.82, 2.24) is 16.2 Å². The van der Waals surface area contributed by atoms with Crippen LogP contribution in [0, 0.1) is 5.92 Å². The molecule has 3 rings (SSSR count). The van der Waals surface area contributed by atoms with Gasteiger partial charge in [0.25, 0.3) is 0 Å². The molecule has 2 aliphatic rings. The summed E-state index contributed by atoms with van der Waals surface area (Å²) in [6.45, 7) is 2.01. The highest BCUT2D eigenvalue weighted by Crippen LogP contribution is 2.35. The number of rotatable bonds is 5. The topological polar surface area (TPSA) is 36.1 Å². The Kier molecular flexibility index (Phi) is 3.41. The fourth-order valence-electron chi connectivity index (χ4n) is 2.58. The lowest BCUT2D eigenvalue weighted by atomic mass is 10.1. The molecular weight excluding hydrogens is 210 g/mol. The SMILES string of the molecule is c1ccc(CNCC2CC(C3CC3)NN2)cc1. The highest BCUT2D eigenvalue weighted by atomic mass is 15.4. The Labute approximate surface area is 103 Å². The van der Waals surface area contributed by atoms with Gasteiger partial charge >= 0.3 is 0 Å². The molecule has 1 saturated carbocycles. The molecule has 1 aliphatic carbocycles. The van der Waals surface area contributed by atoms with Crippen molar-refractivity contribution >= 4 is 0 Å². The van der Waals surface area contributed by atoms with E-state index in [0.29, 0.717) is 6.04 Å². The third-order valence-electron chi connectivity index (χ3n) is 3.77. The number of nitrogens with one attached hydrogen (secondary N) is 3. The molecule has 3 heteroatoms. The summed E-state index contributed by atoms with van der Waals surface area (Å²) in [6, 6.07) is 11.9. The zero-order valence-electron chi connectivity index (χ0n) is 10.2. The van der Waals surface area contributed by atoms with E-state index in [1.807, 2.05) is 0 Å². The maximum Gasteiger partial charge on any atom is 0.0353 e. The number of hydrogen-bond acceptors (Lipinski definition) is 3. The van der Waals surface area contributed by atoms with E-state index < -0.39 is 0 Å². The van der Waals surface area contributed by atoms with Crippen molar-refractivity contribution < 1.29 is 0 Å². The molecule has 2 unspecified atom stereocenters. The van der Waals surface area contributed by atoms with Crippen LogP contribution in [0.3, 0.4) is 0 Å². The summed E-state index contributed by atoms with van der Waals surface area (Å²) < 4.78 is 0. The van der Waals surface area contributed by atoms with Gasteiger partial charge in [-0.05, 0) is 30.7 Å². The Morgan fingerprint density at radius 2 is 1.94 bits per heavy atom. The molecule has 1 aromatic carbocycles. The first-order chi connectivity index (χ1) is 8.42. The second-order valence-corrected chi connectivity index (χ2v) is 5.28. The third kappa shape index (κ3) is 3.06. The fourth-order valence-corrected chi connectivity index (χ4v) is 2.58. The summed E-state index contributed by atoms with van der Waals surface area (Å²) in [5.41, 5.74) is 8.19. The first kappa shape index (κ1) is 11.2. The Morgan fingerprint density at radius 3 is 2.71 bits per heavy atom. The minimum absolute atomic E-state index is 0.587. The number of hydrogen-bond donors (Lipinski definition) is 3. The summed E-state index contributed by atoms with van der Waals surface area (Å²) in [6.07, 6.45) is 4.11. The first-order valence-electron chi connectivity index (χ1n) is 6.67. The fraction of sp³-hybridized carbons (Fsp3) is 0.571. The largest absolute Gasteiger partial charge is 0.311 e. The van der Waals surface area contributed by atoms with Gasteiger partial charge < -0.3 is 5.32 Å². The van der Waals surface area contributed by atoms with Crippen molar-refractivity contribution in [2.24, 2.45) is 5.92 Å². The van der Waals surface area contributed by atoms with E-state index in [2.05, 4.69) is 46.5 Å². The lowest BCUT2D eigenvalue weighted by molar-refractivity contribution is 0.492. The zero-order chi connectivity index (χ0) is 11.5. The van der Waals surface area contributed by atoms with Crippen LogP contribution >= 0.6 is 0 Å². The smallest absolute Gasteiger partial charge is 0.0353 e. The van der Waals surface area contributed by atoms with Crippen molar-refractivity contribution in [3.05, 3.63) is 35.9 Å². The van der Waals surface area contributed by atoms with Gasteiger partial charge in [0.1, 0.15) is 0 Å². The molecule has 2 fully saturated rings. The Balaban J connectivity index is 1.37. The molecule has 1 saturated heterocycles. The second-order valence-electron chi connectivity index (χ2n) is 5.28. The van der Waals surface area contributed by atoms with Gasteiger partial charge in [-0.1, -0.05) is 30.3 Å². The second kappa shape index (κ2) is 5.17. The maximum atomic E-state index is 3.52. The van der Waals surface area contributed by atoms with Crippen LogP contribution in [-0.4, -0.2) is 18.6 Å². The van der Waals surface area contributed by atoms with E-state index in [0.717, 1.165) is 25.0 Å². The summed E-state index contributed by atoms with van der Waals surface area (Å²) in [4.78, 5) is 0. The summed E-state index contributed by atoms with van der Waals surface area (Å²) in [7, 11) is 0. The van der Waals surface area contributed by atoms with Crippen LogP contribution in [0.25, 0.3) is 0 Å². The van der Waals surface area contributed by atoms with Crippen molar-refractivity contribution in [1.29, 1.82) is 0 Å². The maximum absolute atomic E-state index is 3.52. The van der Waals surface area contributed by atoms with Gasteiger partial charge in [0.2, 0.25) is 0 Å². The monoisotopic (exact) mass is 231 g/mol. The van der Waals surface area contributed by atoms with Crippen LogP contribution < -0.4 is 16.2 Å². The van der Waals surface area contributed by atoms with Gasteiger partial charge in [-0.2, -0.15) is 0 Å². The van der Waals surface area contributed by atoms with Crippen LogP contribution in [-0.2, 0) is 6.54 Å². The van der Waals surface area contributed by atoms with Gasteiger partial charge in [0.15, 0.2) is 0 Å². The molecule has 0 radical (unpaired) electrons. The predicted octanol–water partition coefficient (Wildman–Crippen LogP) is 1.42. The molecule has 1 aliphatic heterocycles. The summed E-state index contributed by atoms with van der Waals surface area (Å²) in [5, 5.41) is 3.52. The molecule has 1 heterocycles. The molecule has 2 atom stereocenters. The average Bonchev–Trinajstić information content (AvgIpc) is 3.11. The van der Waals surface area contributed by atoms with E-state index in [9.17, 15) is 0 Å². The van der Waals surface area contributed by atoms with Crippen molar-refractivity contribution in [2.75, 3.05) is 6.54 Å². The highest BCUT2D eigenvalue weighted by Gasteiger charge is 2.36. The van der Waals surface area contributed by atoms with E-state index >= 15 is 0 Å². The zero-order valence-corrected chi connectivity index (χ0v) is 10.2. The van der Waals surface area contributed by atoms with E-state index in [-0.39, 0.29) is 0 Å². The molecule has 1 aromatic rings. The Morgan fingerprint density at radius 1 is 1.12 bits per heavy atom. The van der Waals surface area contributed by atoms with Gasteiger partial charge in [-0.3, -0.25) is 10.9 Å². The molecule has 0 amide bonds. The molecule has 0 bridgehead atoms. The van der Waals surface area contributed by atoms with E-state index in [1.54, 1.807) is 0 Å². The van der Waals surface area contributed by atoms with Crippen molar-refractivity contribution in [3.8, 4) is 0 Å². The van der Waals surface area contributed by atoms with E-state index in [4.69, 9.17) is 0 Å². The molecule has 92 valence electrons. The van der Waals surface area contributed by atoms with E-state index in [1.165, 1.54) is 24.8 Å². The molecule has 0 spiro atoms. The minimum atomic E-state index is 0.587. The van der Waals surface area contributed by atoms with Gasteiger partial charge in [-0.25, -0.2) is 0 Å². The normalized spacial score (nSPS) is 28.5. The number of benzene rings is 1. The molecule has 3 nitrogen and oxygen atoms in total. The van der Waals surface area contributed by atoms with Crippen molar-refractivity contribution in [3.63, 3.8) is 0 Å². The first-order valence-corrected chi connectivity index (χ1v) is 6.67. The summed E-state index contributed by atoms with van der Waals surface area (Å²) >= 11 is 0. The lowest BCUT2D eigenvalue weighted by Crippen LogP contribution is -2.38.